The van der Waals surface area contributed by atoms with Gasteiger partial charge in [-0.05, 0) is 64.7 Å². The molecular formula is C48H33N5. The van der Waals surface area contributed by atoms with Crippen molar-refractivity contribution in [2.45, 2.75) is 19.3 Å². The molecule has 1 aliphatic carbocycles. The molecule has 250 valence electrons. The first-order chi connectivity index (χ1) is 26.1. The van der Waals surface area contributed by atoms with Crippen molar-refractivity contribution in [3.8, 4) is 45.5 Å². The van der Waals surface area contributed by atoms with Crippen molar-refractivity contribution < 1.29 is 0 Å². The van der Waals surface area contributed by atoms with E-state index in [0.29, 0.717) is 17.6 Å². The Morgan fingerprint density at radius 1 is 0.415 bits per heavy atom. The van der Waals surface area contributed by atoms with E-state index in [1.807, 2.05) is 18.2 Å². The highest BCUT2D eigenvalue weighted by molar-refractivity contribution is 6.28. The van der Waals surface area contributed by atoms with Gasteiger partial charge in [0.05, 0.1) is 22.1 Å². The summed E-state index contributed by atoms with van der Waals surface area (Å²) < 4.78 is 4.60. The van der Waals surface area contributed by atoms with Crippen LogP contribution in [-0.4, -0.2) is 24.1 Å². The van der Waals surface area contributed by atoms with Crippen LogP contribution < -0.4 is 0 Å². The van der Waals surface area contributed by atoms with Gasteiger partial charge >= 0.3 is 0 Å². The van der Waals surface area contributed by atoms with Gasteiger partial charge in [-0.25, -0.2) is 4.98 Å². The van der Waals surface area contributed by atoms with E-state index in [4.69, 9.17) is 15.0 Å². The fourth-order valence-corrected chi connectivity index (χ4v) is 8.74. The van der Waals surface area contributed by atoms with Gasteiger partial charge in [0.25, 0.3) is 0 Å². The zero-order valence-corrected chi connectivity index (χ0v) is 29.3. The monoisotopic (exact) mass is 679 g/mol. The summed E-state index contributed by atoms with van der Waals surface area (Å²) >= 11 is 0. The standard InChI is InChI=1S/C48H33N5/c1-48(2)37-22-12-9-19-33(37)34-26-25-31(29-38(34)48)46-49-45(30-15-5-3-6-16-30)50-47(51-46)53-40-24-14-11-21-36(40)44-42(53)28-27-41-43(44)35-20-10-13-23-39(35)52(41)32-17-7-4-8-18-32/h3-29H,1-2H3. The molecule has 0 saturated heterocycles. The second kappa shape index (κ2) is 11.1. The summed E-state index contributed by atoms with van der Waals surface area (Å²) in [5, 5.41) is 4.77. The summed E-state index contributed by atoms with van der Waals surface area (Å²) in [5.41, 5.74) is 12.5. The van der Waals surface area contributed by atoms with Gasteiger partial charge in [-0.3, -0.25) is 4.57 Å². The smallest absolute Gasteiger partial charge is 0.238 e. The molecule has 10 aromatic rings. The number of fused-ring (bicyclic) bond motifs is 10. The molecule has 3 heterocycles. The zero-order valence-electron chi connectivity index (χ0n) is 29.3. The van der Waals surface area contributed by atoms with E-state index >= 15 is 0 Å². The predicted molar refractivity (Wildman–Crippen MR) is 217 cm³/mol. The van der Waals surface area contributed by atoms with E-state index in [9.17, 15) is 0 Å². The molecule has 0 N–H and O–H groups in total. The van der Waals surface area contributed by atoms with Crippen LogP contribution in [0.25, 0.3) is 89.2 Å². The van der Waals surface area contributed by atoms with Gasteiger partial charge in [0.1, 0.15) is 0 Å². The van der Waals surface area contributed by atoms with Crippen LogP contribution in [0.2, 0.25) is 0 Å². The Morgan fingerprint density at radius 3 is 1.68 bits per heavy atom. The Bertz CT molecular complexity index is 3080. The van der Waals surface area contributed by atoms with Gasteiger partial charge in [-0.2, -0.15) is 9.97 Å². The van der Waals surface area contributed by atoms with Gasteiger partial charge in [0, 0.05) is 43.8 Å². The molecule has 0 bridgehead atoms. The lowest BCUT2D eigenvalue weighted by atomic mass is 9.82. The minimum absolute atomic E-state index is 0.142. The summed E-state index contributed by atoms with van der Waals surface area (Å²) in [6.45, 7) is 4.62. The number of rotatable bonds is 4. The lowest BCUT2D eigenvalue weighted by molar-refractivity contribution is 0.660. The van der Waals surface area contributed by atoms with Crippen molar-refractivity contribution in [2.24, 2.45) is 0 Å². The highest BCUT2D eigenvalue weighted by atomic mass is 15.2. The molecule has 5 heteroatoms. The maximum absolute atomic E-state index is 5.32. The van der Waals surface area contributed by atoms with E-state index < -0.39 is 0 Å². The third kappa shape index (κ3) is 4.28. The fraction of sp³-hybridized carbons (Fsp3) is 0.0625. The molecule has 0 atom stereocenters. The van der Waals surface area contributed by atoms with Gasteiger partial charge in [0.15, 0.2) is 11.6 Å². The maximum Gasteiger partial charge on any atom is 0.238 e. The number of benzene rings is 7. The average molecular weight is 680 g/mol. The maximum atomic E-state index is 5.32. The van der Waals surface area contributed by atoms with Crippen LogP contribution in [-0.2, 0) is 5.41 Å². The SMILES string of the molecule is CC1(C)c2ccccc2-c2ccc(-c3nc(-c4ccccc4)nc(-n4c5ccccc5c5c6c7ccccc7n(-c7ccccc7)c6ccc54)n3)cc21. The van der Waals surface area contributed by atoms with Gasteiger partial charge in [-0.15, -0.1) is 0 Å². The van der Waals surface area contributed by atoms with Gasteiger partial charge in [0.2, 0.25) is 5.95 Å². The first-order valence-electron chi connectivity index (χ1n) is 18.1. The third-order valence-corrected chi connectivity index (χ3v) is 11.2. The molecule has 0 saturated carbocycles. The van der Waals surface area contributed by atoms with Crippen molar-refractivity contribution >= 4 is 43.6 Å². The Hall–Kier alpha value is -6.85. The molecule has 0 amide bonds. The molecule has 7 aromatic carbocycles. The summed E-state index contributed by atoms with van der Waals surface area (Å²) in [6.07, 6.45) is 0. The largest absolute Gasteiger partial charge is 0.309 e. The topological polar surface area (TPSA) is 48.5 Å². The first kappa shape index (κ1) is 29.8. The van der Waals surface area contributed by atoms with Crippen molar-refractivity contribution in [1.29, 1.82) is 0 Å². The van der Waals surface area contributed by atoms with Gasteiger partial charge in [-0.1, -0.05) is 135 Å². The van der Waals surface area contributed by atoms with Crippen molar-refractivity contribution in [3.05, 3.63) is 175 Å². The lowest BCUT2D eigenvalue weighted by Gasteiger charge is -2.21. The second-order valence-corrected chi connectivity index (χ2v) is 14.5. The summed E-state index contributed by atoms with van der Waals surface area (Å²) in [5.74, 6) is 1.88. The molecule has 0 fully saturated rings. The van der Waals surface area contributed by atoms with Crippen LogP contribution in [0.4, 0.5) is 0 Å². The van der Waals surface area contributed by atoms with Crippen molar-refractivity contribution in [3.63, 3.8) is 0 Å². The summed E-state index contributed by atoms with van der Waals surface area (Å²) in [6, 6.07) is 58.1. The molecule has 1 aliphatic rings. The second-order valence-electron chi connectivity index (χ2n) is 14.5. The van der Waals surface area contributed by atoms with E-state index in [1.165, 1.54) is 43.9 Å². The molecule has 11 rings (SSSR count). The fourth-order valence-electron chi connectivity index (χ4n) is 8.74. The van der Waals surface area contributed by atoms with Crippen LogP contribution >= 0.6 is 0 Å². The van der Waals surface area contributed by atoms with Crippen LogP contribution in [0, 0.1) is 0 Å². The number of hydrogen-bond acceptors (Lipinski definition) is 3. The number of para-hydroxylation sites is 3. The van der Waals surface area contributed by atoms with Gasteiger partial charge < -0.3 is 4.57 Å². The Balaban J connectivity index is 1.20. The Labute approximate surface area is 306 Å². The third-order valence-electron chi connectivity index (χ3n) is 11.2. The molecule has 5 nitrogen and oxygen atoms in total. The van der Waals surface area contributed by atoms with Crippen LogP contribution in [0.15, 0.2) is 164 Å². The highest BCUT2D eigenvalue weighted by Gasteiger charge is 2.35. The minimum Gasteiger partial charge on any atom is -0.309 e. The number of hydrogen-bond donors (Lipinski definition) is 0. The first-order valence-corrected chi connectivity index (χ1v) is 18.1. The zero-order chi connectivity index (χ0) is 35.3. The van der Waals surface area contributed by atoms with Crippen LogP contribution in [0.5, 0.6) is 0 Å². The highest BCUT2D eigenvalue weighted by Crippen LogP contribution is 2.49. The van der Waals surface area contributed by atoms with E-state index in [0.717, 1.165) is 38.8 Å². The predicted octanol–water partition coefficient (Wildman–Crippen LogP) is 11.7. The normalized spacial score (nSPS) is 13.2. The molecule has 0 spiro atoms. The van der Waals surface area contributed by atoms with Crippen molar-refractivity contribution in [2.75, 3.05) is 0 Å². The molecule has 3 aromatic heterocycles. The Morgan fingerprint density at radius 2 is 0.962 bits per heavy atom. The molecule has 0 unspecified atom stereocenters. The van der Waals surface area contributed by atoms with Crippen LogP contribution in [0.3, 0.4) is 0 Å². The molecule has 0 aliphatic heterocycles. The number of aromatic nitrogens is 5. The van der Waals surface area contributed by atoms with Crippen molar-refractivity contribution in [1.82, 2.24) is 24.1 Å². The van der Waals surface area contributed by atoms with E-state index in [1.54, 1.807) is 0 Å². The Kier molecular flexibility index (Phi) is 6.23. The molecule has 0 radical (unpaired) electrons. The molecule has 53 heavy (non-hydrogen) atoms. The quantitative estimate of drug-likeness (QED) is 0.186. The molecular weight excluding hydrogens is 647 g/mol. The minimum atomic E-state index is -0.142. The van der Waals surface area contributed by atoms with Crippen LogP contribution in [0.1, 0.15) is 25.0 Å². The summed E-state index contributed by atoms with van der Waals surface area (Å²) in [7, 11) is 0. The van der Waals surface area contributed by atoms with E-state index in [-0.39, 0.29) is 5.41 Å². The number of nitrogens with zero attached hydrogens (tertiary/aromatic N) is 5. The van der Waals surface area contributed by atoms with E-state index in [2.05, 4.69) is 169 Å². The average Bonchev–Trinajstić information content (AvgIpc) is 3.81. The summed E-state index contributed by atoms with van der Waals surface area (Å²) in [4.78, 5) is 15.7. The lowest BCUT2D eigenvalue weighted by Crippen LogP contribution is -2.15.